The van der Waals surface area contributed by atoms with Gasteiger partial charge in [-0.25, -0.2) is 4.79 Å². The van der Waals surface area contributed by atoms with E-state index < -0.39 is 18.2 Å². The topological polar surface area (TPSA) is 96.2 Å². The summed E-state index contributed by atoms with van der Waals surface area (Å²) in [6.45, 7) is 0. The Labute approximate surface area is 115 Å². The molecule has 0 heterocycles. The van der Waals surface area contributed by atoms with Gasteiger partial charge in [-0.15, -0.1) is 11.6 Å². The van der Waals surface area contributed by atoms with Crippen molar-refractivity contribution in [3.63, 3.8) is 0 Å². The summed E-state index contributed by atoms with van der Waals surface area (Å²) >= 11 is 5.45. The highest BCUT2D eigenvalue weighted by Gasteiger charge is 2.25. The highest BCUT2D eigenvalue weighted by atomic mass is 35.5. The zero-order valence-electron chi connectivity index (χ0n) is 10.5. The van der Waals surface area contributed by atoms with E-state index in [1.54, 1.807) is 0 Å². The Morgan fingerprint density at radius 1 is 1.26 bits per heavy atom. The van der Waals surface area contributed by atoms with Gasteiger partial charge in [0.25, 0.3) is 0 Å². The molecule has 6 nitrogen and oxygen atoms in total. The first kappa shape index (κ1) is 15.6. The fourth-order valence-corrected chi connectivity index (χ4v) is 1.79. The molecule has 0 aliphatic carbocycles. The van der Waals surface area contributed by atoms with Crippen molar-refractivity contribution in [3.8, 4) is 11.5 Å². The minimum Gasteiger partial charge on any atom is -0.493 e. The van der Waals surface area contributed by atoms with E-state index in [0.29, 0.717) is 0 Å². The number of methoxy groups -OCH3 is 2. The van der Waals surface area contributed by atoms with Crippen molar-refractivity contribution >= 4 is 17.6 Å². The largest absolute Gasteiger partial charge is 0.493 e. The van der Waals surface area contributed by atoms with E-state index in [1.165, 1.54) is 26.4 Å². The molecule has 0 amide bonds. The number of carboxylic acid groups (broad SMARTS) is 1. The summed E-state index contributed by atoms with van der Waals surface area (Å²) in [5.74, 6) is -1.01. The number of hydrogen-bond acceptors (Lipinski definition) is 5. The lowest BCUT2D eigenvalue weighted by atomic mass is 9.98. The van der Waals surface area contributed by atoms with Crippen LogP contribution >= 0.6 is 11.6 Å². The van der Waals surface area contributed by atoms with Crippen molar-refractivity contribution in [1.82, 2.24) is 0 Å². The van der Waals surface area contributed by atoms with Gasteiger partial charge in [-0.1, -0.05) is 0 Å². The zero-order chi connectivity index (χ0) is 14.6. The van der Waals surface area contributed by atoms with Gasteiger partial charge < -0.3 is 24.8 Å². The van der Waals surface area contributed by atoms with E-state index >= 15 is 0 Å². The van der Waals surface area contributed by atoms with Crippen LogP contribution < -0.4 is 9.47 Å². The van der Waals surface area contributed by atoms with Crippen LogP contribution in [-0.4, -0.2) is 47.5 Å². The van der Waals surface area contributed by atoms with Crippen LogP contribution in [0, 0.1) is 0 Å². The SMILES string of the molecule is COc1cc(C(=O)O)c(C(O)C(O)CCl)cc1OC. The van der Waals surface area contributed by atoms with Crippen LogP contribution in [0.4, 0.5) is 0 Å². The number of rotatable bonds is 6. The van der Waals surface area contributed by atoms with Crippen LogP contribution in [0.1, 0.15) is 22.0 Å². The Hall–Kier alpha value is -1.50. The molecular formula is C12H15ClO6. The number of carboxylic acids is 1. The smallest absolute Gasteiger partial charge is 0.336 e. The summed E-state index contributed by atoms with van der Waals surface area (Å²) < 4.78 is 10.0. The maximum atomic E-state index is 11.2. The second-order valence-electron chi connectivity index (χ2n) is 3.77. The molecule has 0 fully saturated rings. The van der Waals surface area contributed by atoms with Gasteiger partial charge in [0.2, 0.25) is 0 Å². The van der Waals surface area contributed by atoms with E-state index in [-0.39, 0.29) is 28.5 Å². The minimum atomic E-state index is -1.43. The highest BCUT2D eigenvalue weighted by Crippen LogP contribution is 2.34. The molecule has 0 saturated heterocycles. The number of alkyl halides is 1. The maximum absolute atomic E-state index is 11.2. The number of aromatic carboxylic acids is 1. The fraction of sp³-hybridized carbons (Fsp3) is 0.417. The van der Waals surface area contributed by atoms with Crippen molar-refractivity contribution < 1.29 is 29.6 Å². The molecule has 0 spiro atoms. The number of carbonyl (C=O) groups is 1. The lowest BCUT2D eigenvalue weighted by Crippen LogP contribution is -2.22. The van der Waals surface area contributed by atoms with Gasteiger partial charge >= 0.3 is 5.97 Å². The lowest BCUT2D eigenvalue weighted by molar-refractivity contribution is 0.0311. The molecule has 0 aromatic heterocycles. The lowest BCUT2D eigenvalue weighted by Gasteiger charge is -2.19. The molecule has 3 N–H and O–H groups in total. The van der Waals surface area contributed by atoms with Crippen LogP contribution in [0.3, 0.4) is 0 Å². The average molecular weight is 291 g/mol. The molecule has 7 heteroatoms. The van der Waals surface area contributed by atoms with Gasteiger partial charge in [0.1, 0.15) is 6.10 Å². The van der Waals surface area contributed by atoms with Crippen LogP contribution in [-0.2, 0) is 0 Å². The highest BCUT2D eigenvalue weighted by molar-refractivity contribution is 6.18. The molecule has 1 aromatic rings. The normalized spacial score (nSPS) is 13.7. The second-order valence-corrected chi connectivity index (χ2v) is 4.07. The number of hydrogen-bond donors (Lipinski definition) is 3. The van der Waals surface area contributed by atoms with Crippen LogP contribution in [0.5, 0.6) is 11.5 Å². The van der Waals surface area contributed by atoms with E-state index in [2.05, 4.69) is 0 Å². The van der Waals surface area contributed by atoms with Crippen molar-refractivity contribution in [2.75, 3.05) is 20.1 Å². The van der Waals surface area contributed by atoms with Crippen LogP contribution in [0.15, 0.2) is 12.1 Å². The van der Waals surface area contributed by atoms with Gasteiger partial charge in [-0.2, -0.15) is 0 Å². The molecule has 106 valence electrons. The second kappa shape index (κ2) is 6.60. The maximum Gasteiger partial charge on any atom is 0.336 e. The first-order valence-corrected chi connectivity index (χ1v) is 5.91. The van der Waals surface area contributed by atoms with Gasteiger partial charge in [-0.3, -0.25) is 0 Å². The predicted molar refractivity (Wildman–Crippen MR) is 68.2 cm³/mol. The standard InChI is InChI=1S/C12H15ClO6/c1-18-9-3-6(11(15)8(14)5-13)7(12(16)17)4-10(9)19-2/h3-4,8,11,14-15H,5H2,1-2H3,(H,16,17). The monoisotopic (exact) mass is 290 g/mol. The Morgan fingerprint density at radius 2 is 1.79 bits per heavy atom. The van der Waals surface area contributed by atoms with E-state index in [4.69, 9.17) is 26.2 Å². The Bertz CT molecular complexity index is 462. The summed E-state index contributed by atoms with van der Waals surface area (Å²) in [7, 11) is 2.75. The van der Waals surface area contributed by atoms with Crippen molar-refractivity contribution in [1.29, 1.82) is 0 Å². The Kier molecular flexibility index (Phi) is 5.41. The zero-order valence-corrected chi connectivity index (χ0v) is 11.2. The first-order valence-electron chi connectivity index (χ1n) is 5.37. The van der Waals surface area contributed by atoms with E-state index in [0.717, 1.165) is 0 Å². The molecule has 0 radical (unpaired) electrons. The van der Waals surface area contributed by atoms with Crippen molar-refractivity contribution in [2.24, 2.45) is 0 Å². The van der Waals surface area contributed by atoms with Gasteiger partial charge in [0.05, 0.1) is 31.8 Å². The summed E-state index contributed by atoms with van der Waals surface area (Å²) in [6, 6.07) is 2.53. The van der Waals surface area contributed by atoms with Crippen LogP contribution in [0.25, 0.3) is 0 Å². The van der Waals surface area contributed by atoms with Crippen LogP contribution in [0.2, 0.25) is 0 Å². The van der Waals surface area contributed by atoms with Crippen molar-refractivity contribution in [3.05, 3.63) is 23.3 Å². The third-order valence-corrected chi connectivity index (χ3v) is 2.94. The average Bonchev–Trinajstić information content (AvgIpc) is 2.43. The molecule has 0 saturated carbocycles. The first-order chi connectivity index (χ1) is 8.96. The molecule has 0 bridgehead atoms. The summed E-state index contributed by atoms with van der Waals surface area (Å²) in [5.41, 5.74) is -0.174. The molecular weight excluding hydrogens is 276 g/mol. The molecule has 1 rings (SSSR count). The van der Waals surface area contributed by atoms with Gasteiger partial charge in [0.15, 0.2) is 11.5 Å². The molecule has 2 atom stereocenters. The third kappa shape index (κ3) is 3.28. The Morgan fingerprint density at radius 3 is 2.21 bits per heavy atom. The van der Waals surface area contributed by atoms with Gasteiger partial charge in [0, 0.05) is 5.56 Å². The number of halogens is 1. The summed E-state index contributed by atoms with van der Waals surface area (Å²) in [5, 5.41) is 28.6. The number of aliphatic hydroxyl groups excluding tert-OH is 2. The Balaban J connectivity index is 3.39. The quantitative estimate of drug-likeness (QED) is 0.677. The van der Waals surface area contributed by atoms with E-state index in [9.17, 15) is 15.0 Å². The predicted octanol–water partition coefficient (Wildman–Crippen LogP) is 1.04. The minimum absolute atomic E-state index is 0.0123. The van der Waals surface area contributed by atoms with Crippen molar-refractivity contribution in [2.45, 2.75) is 12.2 Å². The van der Waals surface area contributed by atoms with Gasteiger partial charge in [-0.05, 0) is 12.1 Å². The summed E-state index contributed by atoms with van der Waals surface area (Å²) in [6.07, 6.45) is -2.71. The number of benzene rings is 1. The molecule has 0 aliphatic rings. The van der Waals surface area contributed by atoms with E-state index in [1.807, 2.05) is 0 Å². The number of aliphatic hydroxyl groups is 2. The summed E-state index contributed by atoms with van der Waals surface area (Å²) in [4.78, 5) is 11.2. The fourth-order valence-electron chi connectivity index (χ4n) is 1.62. The molecule has 1 aromatic carbocycles. The molecule has 2 unspecified atom stereocenters. The number of ether oxygens (including phenoxy) is 2. The third-order valence-electron chi connectivity index (χ3n) is 2.63. The molecule has 19 heavy (non-hydrogen) atoms. The molecule has 0 aliphatic heterocycles.